The van der Waals surface area contributed by atoms with E-state index in [1.807, 2.05) is 42.5 Å². The van der Waals surface area contributed by atoms with Crippen molar-refractivity contribution in [3.8, 4) is 22.0 Å². The zero-order valence-corrected chi connectivity index (χ0v) is 18.4. The largest absolute Gasteiger partial charge is 0.326 e. The van der Waals surface area contributed by atoms with Crippen molar-refractivity contribution in [1.29, 1.82) is 0 Å². The lowest BCUT2D eigenvalue weighted by Crippen LogP contribution is -2.47. The molecule has 7 rings (SSSR count). The van der Waals surface area contributed by atoms with Crippen molar-refractivity contribution in [2.24, 2.45) is 23.2 Å². The van der Waals surface area contributed by atoms with Crippen LogP contribution >= 0.6 is 11.3 Å². The van der Waals surface area contributed by atoms with Gasteiger partial charge in [0.05, 0.1) is 11.4 Å². The lowest BCUT2D eigenvalue weighted by atomic mass is 9.49. The van der Waals surface area contributed by atoms with Gasteiger partial charge in [-0.25, -0.2) is 4.98 Å². The normalized spacial score (nSPS) is 28.6. The first-order valence-corrected chi connectivity index (χ1v) is 12.3. The molecule has 0 radical (unpaired) electrons. The smallest absolute Gasteiger partial charge is 0.224 e. The molecule has 4 fully saturated rings. The third kappa shape index (κ3) is 3.80. The molecule has 3 aromatic rings. The fourth-order valence-electron chi connectivity index (χ4n) is 6.82. The van der Waals surface area contributed by atoms with E-state index in [4.69, 9.17) is 4.98 Å². The summed E-state index contributed by atoms with van der Waals surface area (Å²) in [7, 11) is 0. The number of thiazole rings is 1. The second kappa shape index (κ2) is 7.56. The van der Waals surface area contributed by atoms with Gasteiger partial charge in [-0.2, -0.15) is 0 Å². The number of hydrogen-bond donors (Lipinski definition) is 1. The van der Waals surface area contributed by atoms with Gasteiger partial charge in [0.1, 0.15) is 5.01 Å². The van der Waals surface area contributed by atoms with E-state index in [0.29, 0.717) is 6.42 Å². The zero-order valence-electron chi connectivity index (χ0n) is 17.6. The van der Waals surface area contributed by atoms with Gasteiger partial charge in [-0.3, -0.25) is 9.78 Å². The Hall–Kier alpha value is -2.53. The van der Waals surface area contributed by atoms with Gasteiger partial charge in [0.25, 0.3) is 0 Å². The lowest BCUT2D eigenvalue weighted by molar-refractivity contribution is -0.124. The van der Waals surface area contributed by atoms with E-state index < -0.39 is 0 Å². The Labute approximate surface area is 187 Å². The van der Waals surface area contributed by atoms with Gasteiger partial charge in [-0.1, -0.05) is 18.2 Å². The molecule has 0 aliphatic heterocycles. The third-order valence-electron chi connectivity index (χ3n) is 7.53. The summed E-state index contributed by atoms with van der Waals surface area (Å²) in [6.45, 7) is 0. The van der Waals surface area contributed by atoms with Crippen LogP contribution in [0.2, 0.25) is 0 Å². The summed E-state index contributed by atoms with van der Waals surface area (Å²) in [4.78, 5) is 22.2. The van der Waals surface area contributed by atoms with E-state index in [2.05, 4.69) is 15.7 Å². The van der Waals surface area contributed by atoms with Crippen LogP contribution in [0.5, 0.6) is 0 Å². The van der Waals surface area contributed by atoms with Gasteiger partial charge < -0.3 is 5.32 Å². The Bertz CT molecular complexity index is 1070. The molecule has 31 heavy (non-hydrogen) atoms. The average molecular weight is 430 g/mol. The van der Waals surface area contributed by atoms with Crippen molar-refractivity contribution < 1.29 is 4.79 Å². The van der Waals surface area contributed by atoms with E-state index in [1.54, 1.807) is 17.5 Å². The summed E-state index contributed by atoms with van der Waals surface area (Å²) in [5.74, 6) is 2.80. The first-order valence-electron chi connectivity index (χ1n) is 11.4. The van der Waals surface area contributed by atoms with Gasteiger partial charge in [-0.15, -0.1) is 11.3 Å². The number of aromatic nitrogens is 2. The van der Waals surface area contributed by atoms with Crippen molar-refractivity contribution in [1.82, 2.24) is 9.97 Å². The molecule has 1 aromatic carbocycles. The summed E-state index contributed by atoms with van der Waals surface area (Å²) in [5.41, 5.74) is 3.95. The summed E-state index contributed by atoms with van der Waals surface area (Å²) < 4.78 is 0. The molecule has 1 N–H and O–H groups in total. The van der Waals surface area contributed by atoms with Crippen molar-refractivity contribution in [3.63, 3.8) is 0 Å². The van der Waals surface area contributed by atoms with Gasteiger partial charge in [-0.05, 0) is 86.0 Å². The number of nitrogens with zero attached hydrogens (tertiary/aromatic N) is 2. The number of amides is 1. The highest BCUT2D eigenvalue weighted by molar-refractivity contribution is 7.13. The molecular formula is C26H27N3OS. The minimum atomic E-state index is 0.173. The van der Waals surface area contributed by atoms with Crippen LogP contribution in [0.4, 0.5) is 5.69 Å². The maximum Gasteiger partial charge on any atom is 0.224 e. The number of hydrogen-bond acceptors (Lipinski definition) is 4. The van der Waals surface area contributed by atoms with Crippen LogP contribution in [0.1, 0.15) is 44.9 Å². The van der Waals surface area contributed by atoms with Crippen LogP contribution in [-0.2, 0) is 4.79 Å². The number of pyridine rings is 1. The zero-order chi connectivity index (χ0) is 20.8. The van der Waals surface area contributed by atoms with Crippen LogP contribution in [-0.4, -0.2) is 15.9 Å². The Kier molecular flexibility index (Phi) is 4.67. The minimum Gasteiger partial charge on any atom is -0.326 e. The molecule has 4 bridgehead atoms. The van der Waals surface area contributed by atoms with Crippen molar-refractivity contribution in [3.05, 3.63) is 54.0 Å². The maximum atomic E-state index is 13.0. The van der Waals surface area contributed by atoms with Crippen LogP contribution < -0.4 is 5.32 Å². The third-order valence-corrected chi connectivity index (χ3v) is 8.40. The molecule has 0 atom stereocenters. The monoisotopic (exact) mass is 429 g/mol. The highest BCUT2D eigenvalue weighted by atomic mass is 32.1. The molecule has 2 aromatic heterocycles. The van der Waals surface area contributed by atoms with Crippen LogP contribution in [0.25, 0.3) is 22.0 Å². The molecule has 4 aliphatic rings. The molecule has 5 heteroatoms. The van der Waals surface area contributed by atoms with Gasteiger partial charge in [0.15, 0.2) is 0 Å². The number of carbonyl (C=O) groups is 1. The summed E-state index contributed by atoms with van der Waals surface area (Å²) >= 11 is 1.59. The standard InChI is InChI=1S/C26H27N3OS/c30-24(15-26-12-17-8-18(13-26)10-19(9-17)14-26)28-21-5-3-4-20(11-21)23-16-31-25(29-23)22-6-1-2-7-27-22/h1-7,11,16-19H,8-10,12-15H2,(H,28,30). The number of rotatable bonds is 5. The maximum absolute atomic E-state index is 13.0. The predicted octanol–water partition coefficient (Wildman–Crippen LogP) is 6.42. The predicted molar refractivity (Wildman–Crippen MR) is 125 cm³/mol. The highest BCUT2D eigenvalue weighted by Crippen LogP contribution is 2.61. The molecule has 0 unspecified atom stereocenters. The summed E-state index contributed by atoms with van der Waals surface area (Å²) in [6, 6.07) is 13.9. The Morgan fingerprint density at radius 3 is 2.48 bits per heavy atom. The topological polar surface area (TPSA) is 54.9 Å². The molecule has 4 aliphatic carbocycles. The van der Waals surface area contributed by atoms with Crippen molar-refractivity contribution >= 4 is 22.9 Å². The quantitative estimate of drug-likeness (QED) is 0.509. The molecule has 0 saturated heterocycles. The number of carbonyl (C=O) groups excluding carboxylic acids is 1. The molecule has 158 valence electrons. The number of nitrogens with one attached hydrogen (secondary N) is 1. The fourth-order valence-corrected chi connectivity index (χ4v) is 7.63. The molecule has 0 spiro atoms. The van der Waals surface area contributed by atoms with E-state index >= 15 is 0 Å². The van der Waals surface area contributed by atoms with Crippen molar-refractivity contribution in [2.45, 2.75) is 44.9 Å². The van der Waals surface area contributed by atoms with E-state index in [1.165, 1.54) is 38.5 Å². The van der Waals surface area contributed by atoms with Gasteiger partial charge in [0.2, 0.25) is 5.91 Å². The molecule has 1 amide bonds. The minimum absolute atomic E-state index is 0.173. The first kappa shape index (κ1) is 19.2. The summed E-state index contributed by atoms with van der Waals surface area (Å²) in [6.07, 6.45) is 10.5. The fraction of sp³-hybridized carbons (Fsp3) is 0.423. The molecular weight excluding hydrogens is 402 g/mol. The lowest BCUT2D eigenvalue weighted by Gasteiger charge is -2.56. The SMILES string of the molecule is O=C(CC12CC3CC(CC(C3)C1)C2)Nc1cccc(-c2csc(-c3ccccn3)n2)c1. The number of benzene rings is 1. The molecule has 4 nitrogen and oxygen atoms in total. The first-order chi connectivity index (χ1) is 15.1. The Balaban J connectivity index is 1.16. The van der Waals surface area contributed by atoms with Crippen LogP contribution in [0, 0.1) is 23.2 Å². The van der Waals surface area contributed by atoms with E-state index in [0.717, 1.165) is 45.4 Å². The average Bonchev–Trinajstić information content (AvgIpc) is 3.23. The summed E-state index contributed by atoms with van der Waals surface area (Å²) in [5, 5.41) is 6.15. The second-order valence-corrected chi connectivity index (χ2v) is 10.8. The van der Waals surface area contributed by atoms with E-state index in [-0.39, 0.29) is 11.3 Å². The molecule has 2 heterocycles. The Morgan fingerprint density at radius 2 is 1.77 bits per heavy atom. The van der Waals surface area contributed by atoms with Crippen molar-refractivity contribution in [2.75, 3.05) is 5.32 Å². The number of anilines is 1. The van der Waals surface area contributed by atoms with Crippen LogP contribution in [0.3, 0.4) is 0 Å². The Morgan fingerprint density at radius 1 is 1.00 bits per heavy atom. The highest BCUT2D eigenvalue weighted by Gasteiger charge is 2.51. The molecule has 4 saturated carbocycles. The van der Waals surface area contributed by atoms with Gasteiger partial charge >= 0.3 is 0 Å². The second-order valence-electron chi connectivity index (χ2n) is 9.98. The van der Waals surface area contributed by atoms with Gasteiger partial charge in [0, 0.05) is 29.2 Å². The van der Waals surface area contributed by atoms with E-state index in [9.17, 15) is 4.79 Å². The van der Waals surface area contributed by atoms with Crippen LogP contribution in [0.15, 0.2) is 54.0 Å².